The van der Waals surface area contributed by atoms with Crippen molar-refractivity contribution in [2.24, 2.45) is 0 Å². The average Bonchev–Trinajstić information content (AvgIpc) is 3.04. The highest BCUT2D eigenvalue weighted by atomic mass is 35.5. The molecule has 44 heavy (non-hydrogen) atoms. The number of nitrogens with zero attached hydrogens (tertiary/aromatic N) is 2. The number of hydrogen-bond acceptors (Lipinski definition) is 5. The Morgan fingerprint density at radius 1 is 0.955 bits per heavy atom. The predicted molar refractivity (Wildman–Crippen MR) is 141 cm³/mol. The van der Waals surface area contributed by atoms with Crippen LogP contribution >= 0.6 is 11.6 Å². The van der Waals surface area contributed by atoms with Crippen LogP contribution < -0.4 is 14.8 Å². The highest BCUT2D eigenvalue weighted by Crippen LogP contribution is 2.36. The number of rotatable bonds is 5. The number of fused-ring (bicyclic) bond motifs is 2. The van der Waals surface area contributed by atoms with Crippen LogP contribution in [0.1, 0.15) is 15.9 Å². The number of hydrogen-bond donors (Lipinski definition) is 1. The molecule has 3 aromatic rings. The first-order valence-electron chi connectivity index (χ1n) is 12.7. The van der Waals surface area contributed by atoms with E-state index in [1.54, 1.807) is 0 Å². The van der Waals surface area contributed by atoms with Crippen molar-refractivity contribution in [1.29, 1.82) is 0 Å². The summed E-state index contributed by atoms with van der Waals surface area (Å²) in [5.41, 5.74) is -1.51. The molecule has 0 bridgehead atoms. The van der Waals surface area contributed by atoms with Gasteiger partial charge < -0.3 is 24.6 Å². The summed E-state index contributed by atoms with van der Waals surface area (Å²) in [6.07, 6.45) is -9.66. The first-order chi connectivity index (χ1) is 20.6. The fourth-order valence-electron chi connectivity index (χ4n) is 4.79. The Hall–Kier alpha value is -4.53. The number of carbonyl (C=O) groups is 3. The highest BCUT2D eigenvalue weighted by molar-refractivity contribution is 6.32. The van der Waals surface area contributed by atoms with Gasteiger partial charge in [0.25, 0.3) is 11.8 Å². The molecule has 232 valence electrons. The van der Waals surface area contributed by atoms with Gasteiger partial charge in [-0.05, 0) is 48.0 Å². The van der Waals surface area contributed by atoms with E-state index in [0.29, 0.717) is 18.2 Å². The van der Waals surface area contributed by atoms with Crippen LogP contribution in [0.15, 0.2) is 54.6 Å². The van der Waals surface area contributed by atoms with E-state index >= 15 is 0 Å². The summed E-state index contributed by atoms with van der Waals surface area (Å²) in [6, 6.07) is 7.40. The maximum atomic E-state index is 14.5. The van der Waals surface area contributed by atoms with Crippen molar-refractivity contribution in [3.63, 3.8) is 0 Å². The van der Waals surface area contributed by atoms with E-state index in [4.69, 9.17) is 16.3 Å². The molecule has 1 saturated heterocycles. The van der Waals surface area contributed by atoms with Crippen LogP contribution in [-0.2, 0) is 15.8 Å². The summed E-state index contributed by atoms with van der Waals surface area (Å²) in [6.45, 7) is -0.960. The number of alkyl halides is 6. The van der Waals surface area contributed by atoms with Crippen molar-refractivity contribution >= 4 is 35.0 Å². The van der Waals surface area contributed by atoms with E-state index in [2.05, 4.69) is 10.1 Å². The number of carbonyl (C=O) groups excluding carboxylic acids is 3. The summed E-state index contributed by atoms with van der Waals surface area (Å²) in [7, 11) is 0. The molecule has 0 saturated carbocycles. The fraction of sp³-hybridized carbons (Fsp3) is 0.250. The molecule has 1 fully saturated rings. The van der Waals surface area contributed by atoms with Crippen molar-refractivity contribution in [2.75, 3.05) is 31.6 Å². The maximum absolute atomic E-state index is 14.5. The largest absolute Gasteiger partial charge is 0.573 e. The van der Waals surface area contributed by atoms with Crippen LogP contribution in [0.3, 0.4) is 0 Å². The molecule has 1 atom stereocenters. The molecule has 0 spiro atoms. The Labute approximate surface area is 248 Å². The third-order valence-corrected chi connectivity index (χ3v) is 7.19. The van der Waals surface area contributed by atoms with Crippen molar-refractivity contribution in [3.05, 3.63) is 76.6 Å². The minimum atomic E-state index is -4.93. The van der Waals surface area contributed by atoms with Crippen LogP contribution in [-0.4, -0.2) is 66.2 Å². The first-order valence-corrected chi connectivity index (χ1v) is 13.1. The number of anilines is 1. The Morgan fingerprint density at radius 3 is 2.39 bits per heavy atom. The third kappa shape index (κ3) is 6.51. The van der Waals surface area contributed by atoms with Crippen LogP contribution in [0, 0.1) is 5.82 Å². The zero-order valence-electron chi connectivity index (χ0n) is 22.1. The molecule has 8 nitrogen and oxygen atoms in total. The molecule has 2 aliphatic heterocycles. The molecule has 16 heteroatoms. The second-order valence-corrected chi connectivity index (χ2v) is 10.1. The zero-order valence-corrected chi connectivity index (χ0v) is 22.8. The quantitative estimate of drug-likeness (QED) is 0.357. The number of amides is 3. The second kappa shape index (κ2) is 11.5. The van der Waals surface area contributed by atoms with E-state index < -0.39 is 60.0 Å². The van der Waals surface area contributed by atoms with Crippen LogP contribution in [0.2, 0.25) is 5.02 Å². The lowest BCUT2D eigenvalue weighted by Crippen LogP contribution is -2.60. The summed E-state index contributed by atoms with van der Waals surface area (Å²) in [5, 5.41) is 2.32. The van der Waals surface area contributed by atoms with Crippen LogP contribution in [0.5, 0.6) is 11.5 Å². The fourth-order valence-corrected chi connectivity index (χ4v) is 5.02. The number of benzene rings is 3. The second-order valence-electron chi connectivity index (χ2n) is 9.72. The lowest BCUT2D eigenvalue weighted by atomic mass is 9.98. The van der Waals surface area contributed by atoms with Gasteiger partial charge in [0.1, 0.15) is 23.4 Å². The Kier molecular flexibility index (Phi) is 8.09. The Bertz CT molecular complexity index is 1650. The SMILES string of the molecule is O=C1Nc2ccc(-c3cc(C(F)(F)F)ccc3F)cc2C(=O)N2CCN(C(=O)COc3ccc(OC(F)(F)F)cc3Cl)C[C@H]12. The van der Waals surface area contributed by atoms with E-state index in [-0.39, 0.29) is 52.8 Å². The van der Waals surface area contributed by atoms with Crippen LogP contribution in [0.25, 0.3) is 11.1 Å². The lowest BCUT2D eigenvalue weighted by Gasteiger charge is -2.39. The Balaban J connectivity index is 1.29. The van der Waals surface area contributed by atoms with Crippen molar-refractivity contribution < 1.29 is 54.6 Å². The monoisotopic (exact) mass is 645 g/mol. The van der Waals surface area contributed by atoms with E-state index in [9.17, 15) is 45.1 Å². The smallest absolute Gasteiger partial charge is 0.482 e. The van der Waals surface area contributed by atoms with E-state index in [1.807, 2.05) is 0 Å². The van der Waals surface area contributed by atoms with Gasteiger partial charge in [-0.3, -0.25) is 14.4 Å². The maximum Gasteiger partial charge on any atom is 0.573 e. The topological polar surface area (TPSA) is 88.2 Å². The summed E-state index contributed by atoms with van der Waals surface area (Å²) in [4.78, 5) is 41.9. The van der Waals surface area contributed by atoms with Crippen LogP contribution in [0.4, 0.5) is 36.4 Å². The molecule has 0 unspecified atom stereocenters. The average molecular weight is 646 g/mol. The minimum absolute atomic E-state index is 0.0176. The van der Waals surface area contributed by atoms with Gasteiger partial charge in [0.2, 0.25) is 5.91 Å². The summed E-state index contributed by atoms with van der Waals surface area (Å²) < 4.78 is 101. The molecular formula is C28H19ClF7N3O5. The lowest BCUT2D eigenvalue weighted by molar-refractivity contribution is -0.274. The molecule has 2 aliphatic rings. The standard InChI is InChI=1S/C28H19ClF7N3O5/c29-19-11-16(44-28(34,35)36)3-6-23(19)43-13-24(40)38-7-8-39-22(12-38)25(41)37-21-5-1-14(9-18(21)26(39)42)17-10-15(27(31,32)33)2-4-20(17)30/h1-6,9-11,22H,7-8,12-13H2,(H,37,41)/t22-/m1/s1. The van der Waals surface area contributed by atoms with Crippen molar-refractivity contribution in [3.8, 4) is 22.6 Å². The molecule has 3 aromatic carbocycles. The van der Waals surface area contributed by atoms with Gasteiger partial charge in [-0.1, -0.05) is 17.7 Å². The number of halogens is 8. The molecule has 0 aliphatic carbocycles. The third-order valence-electron chi connectivity index (χ3n) is 6.90. The molecule has 0 aromatic heterocycles. The van der Waals surface area contributed by atoms with E-state index in [0.717, 1.165) is 18.2 Å². The van der Waals surface area contributed by atoms with E-state index in [1.165, 1.54) is 28.0 Å². The molecular weight excluding hydrogens is 627 g/mol. The van der Waals surface area contributed by atoms with Gasteiger partial charge in [-0.15, -0.1) is 13.2 Å². The first kappa shape index (κ1) is 30.9. The molecule has 0 radical (unpaired) electrons. The van der Waals surface area contributed by atoms with Crippen molar-refractivity contribution in [1.82, 2.24) is 9.80 Å². The van der Waals surface area contributed by atoms with Gasteiger partial charge in [0, 0.05) is 24.7 Å². The van der Waals surface area contributed by atoms with Gasteiger partial charge >= 0.3 is 12.5 Å². The number of ether oxygens (including phenoxy) is 2. The molecule has 3 amide bonds. The summed E-state index contributed by atoms with van der Waals surface area (Å²) in [5.74, 6) is -3.54. The normalized spacial score (nSPS) is 17.0. The number of nitrogens with one attached hydrogen (secondary N) is 1. The van der Waals surface area contributed by atoms with Crippen molar-refractivity contribution in [2.45, 2.75) is 18.6 Å². The molecule has 2 heterocycles. The summed E-state index contributed by atoms with van der Waals surface area (Å²) >= 11 is 5.94. The molecule has 5 rings (SSSR count). The highest BCUT2D eigenvalue weighted by Gasteiger charge is 2.41. The minimum Gasteiger partial charge on any atom is -0.482 e. The number of piperazine rings is 1. The molecule has 1 N–H and O–H groups in total. The zero-order chi connectivity index (χ0) is 32.0. The van der Waals surface area contributed by atoms with Gasteiger partial charge in [-0.25, -0.2) is 4.39 Å². The Morgan fingerprint density at radius 2 is 1.70 bits per heavy atom. The van der Waals surface area contributed by atoms with Gasteiger partial charge in [0.15, 0.2) is 6.61 Å². The van der Waals surface area contributed by atoms with Gasteiger partial charge in [0.05, 0.1) is 28.4 Å². The van der Waals surface area contributed by atoms with Gasteiger partial charge in [-0.2, -0.15) is 13.2 Å². The predicted octanol–water partition coefficient (Wildman–Crippen LogP) is 5.75.